The summed E-state index contributed by atoms with van der Waals surface area (Å²) >= 11 is 6.43. The first-order valence-corrected chi connectivity index (χ1v) is 13.2. The minimum Gasteiger partial charge on any atom is -0.454 e. The first-order valence-electron chi connectivity index (χ1n) is 12.9. The number of carbonyl (C=O) groups excluding carboxylic acids is 4. The maximum absolute atomic E-state index is 13.2. The van der Waals surface area contributed by atoms with E-state index in [4.69, 9.17) is 16.3 Å². The van der Waals surface area contributed by atoms with Crippen molar-refractivity contribution in [2.24, 2.45) is 0 Å². The number of ketones is 1. The number of nitrogens with zero attached hydrogens (tertiary/aromatic N) is 3. The second kappa shape index (κ2) is 10.9. The van der Waals surface area contributed by atoms with Crippen molar-refractivity contribution in [2.75, 3.05) is 11.5 Å². The second-order valence-electron chi connectivity index (χ2n) is 9.53. The molecule has 1 aliphatic rings. The lowest BCUT2D eigenvalue weighted by Gasteiger charge is -2.15. The minimum atomic E-state index is -0.797. The molecule has 0 bridgehead atoms. The molecule has 0 unspecified atom stereocenters. The Morgan fingerprint density at radius 2 is 1.51 bits per heavy atom. The predicted octanol–water partition coefficient (Wildman–Crippen LogP) is 6.30. The molecule has 10 nitrogen and oxygen atoms in total. The molecule has 5 aromatic rings. The van der Waals surface area contributed by atoms with E-state index in [0.29, 0.717) is 39.0 Å². The average molecular weight is 592 g/mol. The Kier molecular flexibility index (Phi) is 6.96. The topological polar surface area (TPSA) is 137 Å². The molecule has 210 valence electrons. The maximum atomic E-state index is 13.2. The average Bonchev–Trinajstić information content (AvgIpc) is 3.28. The number of amides is 2. The fraction of sp³-hybridized carbons (Fsp3) is 0.0312. The number of hydrogen-bond donors (Lipinski definition) is 0. The molecule has 0 spiro atoms. The number of hydrogen-bond acceptors (Lipinski definition) is 8. The standard InChI is InChI=1S/C32H18ClN3O7/c33-26-7-3-6-22-25(32(40)43-17-28(37)19-10-14-21(15-11-19)36(41)42)16-27(34-29(22)26)18-8-12-20(13-9-18)35-30(38)23-4-1-2-5-24(23)31(35)39/h1-16H,17H2. The van der Waals surface area contributed by atoms with Crippen molar-refractivity contribution in [2.45, 2.75) is 0 Å². The lowest BCUT2D eigenvalue weighted by Crippen LogP contribution is -2.29. The Hall–Kier alpha value is -5.74. The second-order valence-corrected chi connectivity index (χ2v) is 9.94. The predicted molar refractivity (Wildman–Crippen MR) is 157 cm³/mol. The first kappa shape index (κ1) is 27.4. The van der Waals surface area contributed by atoms with E-state index in [-0.39, 0.29) is 21.8 Å². The molecule has 0 saturated heterocycles. The van der Waals surface area contributed by atoms with Crippen molar-refractivity contribution in [3.63, 3.8) is 0 Å². The van der Waals surface area contributed by atoms with Crippen molar-refractivity contribution in [1.82, 2.24) is 4.98 Å². The molecule has 0 N–H and O–H groups in total. The van der Waals surface area contributed by atoms with Crippen molar-refractivity contribution in [3.05, 3.63) is 134 Å². The highest BCUT2D eigenvalue weighted by Gasteiger charge is 2.36. The number of nitro benzene ring substituents is 1. The number of imide groups is 1. The summed E-state index contributed by atoms with van der Waals surface area (Å²) in [5, 5.41) is 11.6. The van der Waals surface area contributed by atoms with Crippen LogP contribution in [-0.4, -0.2) is 40.1 Å². The third-order valence-electron chi connectivity index (χ3n) is 6.96. The van der Waals surface area contributed by atoms with Gasteiger partial charge in [0.2, 0.25) is 0 Å². The Morgan fingerprint density at radius 3 is 2.14 bits per heavy atom. The number of non-ortho nitro benzene ring substituents is 1. The number of rotatable bonds is 7. The lowest BCUT2D eigenvalue weighted by atomic mass is 10.0. The number of pyridine rings is 1. The Bertz CT molecular complexity index is 1950. The van der Waals surface area contributed by atoms with Crippen LogP contribution in [0.2, 0.25) is 5.02 Å². The van der Waals surface area contributed by atoms with Gasteiger partial charge < -0.3 is 4.74 Å². The molecule has 2 heterocycles. The van der Waals surface area contributed by atoms with Crippen molar-refractivity contribution in [3.8, 4) is 11.3 Å². The molecule has 0 radical (unpaired) electrons. The number of esters is 1. The summed E-state index contributed by atoms with van der Waals surface area (Å²) in [5.74, 6) is -2.17. The smallest absolute Gasteiger partial charge is 0.339 e. The van der Waals surface area contributed by atoms with Gasteiger partial charge in [-0.05, 0) is 48.5 Å². The Labute approximate surface area is 248 Å². The van der Waals surface area contributed by atoms with E-state index >= 15 is 0 Å². The Balaban J connectivity index is 1.28. The quantitative estimate of drug-likeness (QED) is 0.0706. The van der Waals surface area contributed by atoms with Gasteiger partial charge in [-0.15, -0.1) is 0 Å². The van der Waals surface area contributed by atoms with E-state index in [2.05, 4.69) is 4.98 Å². The maximum Gasteiger partial charge on any atom is 0.339 e. The van der Waals surface area contributed by atoms with Crippen LogP contribution < -0.4 is 4.90 Å². The number of aromatic nitrogens is 1. The fourth-order valence-electron chi connectivity index (χ4n) is 4.80. The van der Waals surface area contributed by atoms with Crippen LogP contribution in [0.4, 0.5) is 11.4 Å². The van der Waals surface area contributed by atoms with Gasteiger partial charge in [0.25, 0.3) is 17.5 Å². The molecule has 0 aliphatic carbocycles. The van der Waals surface area contributed by atoms with Gasteiger partial charge >= 0.3 is 5.97 Å². The normalized spacial score (nSPS) is 12.3. The van der Waals surface area contributed by atoms with Crippen LogP contribution >= 0.6 is 11.6 Å². The van der Waals surface area contributed by atoms with Crippen LogP contribution in [0.15, 0.2) is 97.1 Å². The number of para-hydroxylation sites is 1. The van der Waals surface area contributed by atoms with Gasteiger partial charge in [0, 0.05) is 28.6 Å². The van der Waals surface area contributed by atoms with Gasteiger partial charge in [-0.2, -0.15) is 0 Å². The summed E-state index contributed by atoms with van der Waals surface area (Å²) in [6.07, 6.45) is 0. The summed E-state index contributed by atoms with van der Waals surface area (Å²) in [6.45, 7) is -0.592. The summed E-state index contributed by atoms with van der Waals surface area (Å²) in [5.41, 5.74) is 2.40. The van der Waals surface area contributed by atoms with Crippen LogP contribution in [0, 0.1) is 10.1 Å². The molecule has 11 heteroatoms. The monoisotopic (exact) mass is 591 g/mol. The zero-order valence-electron chi connectivity index (χ0n) is 22.0. The van der Waals surface area contributed by atoms with Crippen LogP contribution in [0.1, 0.15) is 41.4 Å². The zero-order chi connectivity index (χ0) is 30.2. The van der Waals surface area contributed by atoms with Crippen LogP contribution in [0.25, 0.3) is 22.2 Å². The zero-order valence-corrected chi connectivity index (χ0v) is 22.8. The van der Waals surface area contributed by atoms with Crippen molar-refractivity contribution >= 4 is 57.4 Å². The molecule has 0 saturated carbocycles. The summed E-state index contributed by atoms with van der Waals surface area (Å²) in [7, 11) is 0. The molecule has 0 atom stereocenters. The molecule has 1 aromatic heterocycles. The highest BCUT2D eigenvalue weighted by atomic mass is 35.5. The number of nitro groups is 1. The van der Waals surface area contributed by atoms with E-state index in [1.807, 2.05) is 0 Å². The SMILES string of the molecule is O=C(COC(=O)c1cc(-c2ccc(N3C(=O)c4ccccc4C3=O)cc2)nc2c(Cl)cccc12)c1ccc([N+](=O)[O-])cc1. The summed E-state index contributed by atoms with van der Waals surface area (Å²) < 4.78 is 5.33. The molecule has 4 aromatic carbocycles. The highest BCUT2D eigenvalue weighted by Crippen LogP contribution is 2.33. The minimum absolute atomic E-state index is 0.114. The first-order chi connectivity index (χ1) is 20.7. The van der Waals surface area contributed by atoms with Crippen LogP contribution in [0.5, 0.6) is 0 Å². The van der Waals surface area contributed by atoms with E-state index in [9.17, 15) is 29.3 Å². The van der Waals surface area contributed by atoms with E-state index in [0.717, 1.165) is 4.90 Å². The van der Waals surface area contributed by atoms with Gasteiger partial charge in [0.05, 0.1) is 43.5 Å². The number of fused-ring (bicyclic) bond motifs is 2. The molecule has 6 rings (SSSR count). The molecule has 43 heavy (non-hydrogen) atoms. The number of anilines is 1. The van der Waals surface area contributed by atoms with E-state index in [1.165, 1.54) is 30.3 Å². The van der Waals surface area contributed by atoms with Gasteiger partial charge in [-0.25, -0.2) is 14.7 Å². The molecule has 2 amide bonds. The fourth-order valence-corrected chi connectivity index (χ4v) is 5.01. The van der Waals surface area contributed by atoms with E-state index in [1.54, 1.807) is 66.7 Å². The Morgan fingerprint density at radius 1 is 0.860 bits per heavy atom. The number of Topliss-reactive ketones (excluding diaryl/α,β-unsaturated/α-hetero) is 1. The number of benzene rings is 4. The lowest BCUT2D eigenvalue weighted by molar-refractivity contribution is -0.384. The molecular weight excluding hydrogens is 574 g/mol. The van der Waals surface area contributed by atoms with Gasteiger partial charge in [0.15, 0.2) is 12.4 Å². The van der Waals surface area contributed by atoms with Gasteiger partial charge in [-0.3, -0.25) is 24.5 Å². The largest absolute Gasteiger partial charge is 0.454 e. The molecule has 0 fully saturated rings. The van der Waals surface area contributed by atoms with Crippen molar-refractivity contribution < 1.29 is 28.8 Å². The molecule has 1 aliphatic heterocycles. The number of halogens is 1. The van der Waals surface area contributed by atoms with E-state index < -0.39 is 35.1 Å². The van der Waals surface area contributed by atoms with Crippen molar-refractivity contribution in [1.29, 1.82) is 0 Å². The number of ether oxygens (including phenoxy) is 1. The third-order valence-corrected chi connectivity index (χ3v) is 7.26. The highest BCUT2D eigenvalue weighted by molar-refractivity contribution is 6.35. The third kappa shape index (κ3) is 5.00. The summed E-state index contributed by atoms with van der Waals surface area (Å²) in [4.78, 5) is 67.6. The van der Waals surface area contributed by atoms with Crippen LogP contribution in [-0.2, 0) is 4.74 Å². The molecular formula is C32H18ClN3O7. The number of carbonyl (C=O) groups is 4. The summed E-state index contributed by atoms with van der Waals surface area (Å²) in [6, 6.07) is 24.6. The van der Waals surface area contributed by atoms with Gasteiger partial charge in [-0.1, -0.05) is 48.0 Å². The van der Waals surface area contributed by atoms with Crippen LogP contribution in [0.3, 0.4) is 0 Å². The van der Waals surface area contributed by atoms with Gasteiger partial charge in [0.1, 0.15) is 0 Å².